The van der Waals surface area contributed by atoms with Gasteiger partial charge in [-0.05, 0) is 66.6 Å². The number of carbonyl (C=O) groups is 2. The molecule has 4 aromatic carbocycles. The zero-order valence-electron chi connectivity index (χ0n) is 19.5. The molecule has 1 unspecified atom stereocenters. The Morgan fingerprint density at radius 2 is 1.49 bits per heavy atom. The number of benzene rings is 4. The number of rotatable bonds is 8. The van der Waals surface area contributed by atoms with Crippen molar-refractivity contribution in [2.24, 2.45) is 0 Å². The van der Waals surface area contributed by atoms with Gasteiger partial charge in [0.2, 0.25) is 5.91 Å². The van der Waals surface area contributed by atoms with Crippen LogP contribution in [0.2, 0.25) is 0 Å². The number of hydrogen-bond acceptors (Lipinski definition) is 4. The molecule has 0 aliphatic rings. The first-order chi connectivity index (χ1) is 17.0. The van der Waals surface area contributed by atoms with Crippen molar-refractivity contribution in [3.63, 3.8) is 0 Å². The molecule has 6 heteroatoms. The number of thioether (sulfide) groups is 1. The molecule has 0 aromatic heterocycles. The molecule has 35 heavy (non-hydrogen) atoms. The van der Waals surface area contributed by atoms with E-state index in [1.807, 2.05) is 91.9 Å². The number of aryl methyl sites for hydroxylation is 1. The van der Waals surface area contributed by atoms with Gasteiger partial charge in [0, 0.05) is 21.8 Å². The average Bonchev–Trinajstić information content (AvgIpc) is 2.88. The third kappa shape index (κ3) is 6.31. The normalized spacial score (nSPS) is 11.4. The summed E-state index contributed by atoms with van der Waals surface area (Å²) in [5, 5.41) is 5.48. The summed E-state index contributed by atoms with van der Waals surface area (Å²) in [7, 11) is 1.60. The van der Waals surface area contributed by atoms with Gasteiger partial charge in [-0.25, -0.2) is 0 Å². The summed E-state index contributed by atoms with van der Waals surface area (Å²) >= 11 is 1.43. The van der Waals surface area contributed by atoms with E-state index in [4.69, 9.17) is 4.74 Å². The van der Waals surface area contributed by atoms with Crippen LogP contribution >= 0.6 is 11.8 Å². The molecule has 0 heterocycles. The zero-order valence-corrected chi connectivity index (χ0v) is 20.3. The molecule has 4 aromatic rings. The van der Waals surface area contributed by atoms with E-state index in [1.54, 1.807) is 25.3 Å². The van der Waals surface area contributed by atoms with E-state index < -0.39 is 5.25 Å². The Hall–Kier alpha value is -4.03. The van der Waals surface area contributed by atoms with Crippen LogP contribution in [0.25, 0.3) is 0 Å². The van der Waals surface area contributed by atoms with Crippen molar-refractivity contribution in [1.29, 1.82) is 0 Å². The first kappa shape index (κ1) is 24.1. The van der Waals surface area contributed by atoms with Crippen molar-refractivity contribution in [2.75, 3.05) is 17.7 Å². The molecule has 4 rings (SSSR count). The van der Waals surface area contributed by atoms with E-state index in [9.17, 15) is 9.59 Å². The molecule has 0 saturated heterocycles. The Morgan fingerprint density at radius 1 is 0.771 bits per heavy atom. The molecule has 2 N–H and O–H groups in total. The highest BCUT2D eigenvalue weighted by molar-refractivity contribution is 8.00. The van der Waals surface area contributed by atoms with Crippen molar-refractivity contribution in [3.05, 3.63) is 120 Å². The Kier molecular flexibility index (Phi) is 7.85. The molecule has 0 aliphatic carbocycles. The second-order valence-corrected chi connectivity index (χ2v) is 9.10. The molecule has 5 nitrogen and oxygen atoms in total. The van der Waals surface area contributed by atoms with Gasteiger partial charge < -0.3 is 15.4 Å². The highest BCUT2D eigenvalue weighted by Crippen LogP contribution is 2.37. The van der Waals surface area contributed by atoms with Gasteiger partial charge in [-0.3, -0.25) is 9.59 Å². The fourth-order valence-corrected chi connectivity index (χ4v) is 4.68. The van der Waals surface area contributed by atoms with Crippen LogP contribution in [0.4, 0.5) is 11.4 Å². The predicted molar refractivity (Wildman–Crippen MR) is 142 cm³/mol. The van der Waals surface area contributed by atoms with E-state index in [0.717, 1.165) is 21.8 Å². The zero-order chi connectivity index (χ0) is 24.6. The van der Waals surface area contributed by atoms with Crippen LogP contribution in [0.15, 0.2) is 108 Å². The average molecular weight is 483 g/mol. The minimum absolute atomic E-state index is 0.138. The molecule has 0 fully saturated rings. The summed E-state index contributed by atoms with van der Waals surface area (Å²) in [6.07, 6.45) is 0. The number of hydrogen-bond donors (Lipinski definition) is 2. The third-order valence-corrected chi connectivity index (χ3v) is 6.68. The lowest BCUT2D eigenvalue weighted by Gasteiger charge is -2.18. The van der Waals surface area contributed by atoms with Gasteiger partial charge in [-0.1, -0.05) is 54.6 Å². The first-order valence-electron chi connectivity index (χ1n) is 11.2. The standard InChI is InChI=1S/C29H26N2O3S/c1-20-9-6-7-14-26(20)28(32)31-23-12-8-13-25(19-23)35-27(21-10-4-3-5-11-21)29(33)30-22-15-17-24(34-2)18-16-22/h3-19,27H,1-2H3,(H,30,33)(H,31,32). The van der Waals surface area contributed by atoms with Gasteiger partial charge in [0.25, 0.3) is 5.91 Å². The number of ether oxygens (including phenoxy) is 1. The van der Waals surface area contributed by atoms with E-state index in [1.165, 1.54) is 11.8 Å². The van der Waals surface area contributed by atoms with Crippen molar-refractivity contribution < 1.29 is 14.3 Å². The molecule has 2 amide bonds. The van der Waals surface area contributed by atoms with Gasteiger partial charge in [0.15, 0.2) is 0 Å². The summed E-state index contributed by atoms with van der Waals surface area (Å²) in [4.78, 5) is 26.9. The van der Waals surface area contributed by atoms with Gasteiger partial charge in [-0.2, -0.15) is 0 Å². The molecule has 0 spiro atoms. The maximum atomic E-state index is 13.3. The Balaban J connectivity index is 1.53. The van der Waals surface area contributed by atoms with Gasteiger partial charge in [-0.15, -0.1) is 11.8 Å². The molecule has 0 radical (unpaired) electrons. The second kappa shape index (κ2) is 11.4. The molecule has 0 aliphatic heterocycles. The van der Waals surface area contributed by atoms with Crippen LogP contribution in [0.3, 0.4) is 0 Å². The number of amides is 2. The summed E-state index contributed by atoms with van der Waals surface area (Å²) in [5.74, 6) is 0.421. The molecular weight excluding hydrogens is 456 g/mol. The predicted octanol–water partition coefficient (Wildman–Crippen LogP) is 6.73. The van der Waals surface area contributed by atoms with Crippen LogP contribution in [0.5, 0.6) is 5.75 Å². The largest absolute Gasteiger partial charge is 0.497 e. The van der Waals surface area contributed by atoms with Crippen molar-refractivity contribution in [3.8, 4) is 5.75 Å². The minimum atomic E-state index is -0.486. The van der Waals surface area contributed by atoms with E-state index in [-0.39, 0.29) is 11.8 Å². The van der Waals surface area contributed by atoms with E-state index in [2.05, 4.69) is 10.6 Å². The molecule has 0 bridgehead atoms. The summed E-state index contributed by atoms with van der Waals surface area (Å²) < 4.78 is 5.20. The van der Waals surface area contributed by atoms with Crippen LogP contribution in [-0.2, 0) is 4.79 Å². The topological polar surface area (TPSA) is 67.4 Å². The quantitative estimate of drug-likeness (QED) is 0.273. The Labute approximate surface area is 209 Å². The van der Waals surface area contributed by atoms with Gasteiger partial charge in [0.1, 0.15) is 11.0 Å². The number of carbonyl (C=O) groups excluding carboxylic acids is 2. The van der Waals surface area contributed by atoms with E-state index in [0.29, 0.717) is 16.9 Å². The van der Waals surface area contributed by atoms with Crippen molar-refractivity contribution in [2.45, 2.75) is 17.1 Å². The molecule has 1 atom stereocenters. The van der Waals surface area contributed by atoms with Crippen molar-refractivity contribution >= 4 is 35.0 Å². The molecule has 0 saturated carbocycles. The highest BCUT2D eigenvalue weighted by Gasteiger charge is 2.22. The molecule has 176 valence electrons. The van der Waals surface area contributed by atoms with Crippen LogP contribution < -0.4 is 15.4 Å². The summed E-state index contributed by atoms with van der Waals surface area (Å²) in [6.45, 7) is 1.91. The summed E-state index contributed by atoms with van der Waals surface area (Å²) in [5.41, 5.74) is 3.79. The van der Waals surface area contributed by atoms with Crippen molar-refractivity contribution in [1.82, 2.24) is 0 Å². The minimum Gasteiger partial charge on any atom is -0.497 e. The number of nitrogens with one attached hydrogen (secondary N) is 2. The fourth-order valence-electron chi connectivity index (χ4n) is 3.59. The van der Waals surface area contributed by atoms with Gasteiger partial charge >= 0.3 is 0 Å². The Bertz CT molecular complexity index is 1310. The highest BCUT2D eigenvalue weighted by atomic mass is 32.2. The SMILES string of the molecule is COc1ccc(NC(=O)C(Sc2cccc(NC(=O)c3ccccc3C)c2)c2ccccc2)cc1. The summed E-state index contributed by atoms with van der Waals surface area (Å²) in [6, 6.07) is 31.9. The lowest BCUT2D eigenvalue weighted by Crippen LogP contribution is -2.19. The lowest BCUT2D eigenvalue weighted by atomic mass is 10.1. The molecular formula is C29H26N2O3S. The Morgan fingerprint density at radius 3 is 2.20 bits per heavy atom. The second-order valence-electron chi connectivity index (χ2n) is 7.92. The van der Waals surface area contributed by atoms with Crippen LogP contribution in [-0.4, -0.2) is 18.9 Å². The van der Waals surface area contributed by atoms with Gasteiger partial charge in [0.05, 0.1) is 7.11 Å². The fraction of sp³-hybridized carbons (Fsp3) is 0.103. The first-order valence-corrected chi connectivity index (χ1v) is 12.0. The lowest BCUT2D eigenvalue weighted by molar-refractivity contribution is -0.115. The van der Waals surface area contributed by atoms with Crippen LogP contribution in [0, 0.1) is 6.92 Å². The number of methoxy groups -OCH3 is 1. The number of anilines is 2. The van der Waals surface area contributed by atoms with Crippen LogP contribution in [0.1, 0.15) is 26.7 Å². The van der Waals surface area contributed by atoms with E-state index >= 15 is 0 Å². The smallest absolute Gasteiger partial charge is 0.255 e. The monoisotopic (exact) mass is 482 g/mol. The maximum Gasteiger partial charge on any atom is 0.255 e. The third-order valence-electron chi connectivity index (χ3n) is 5.43. The maximum absolute atomic E-state index is 13.3.